The summed E-state index contributed by atoms with van der Waals surface area (Å²) >= 11 is 0. The Hall–Kier alpha value is -1.13. The fourth-order valence-electron chi connectivity index (χ4n) is 1.34. The van der Waals surface area contributed by atoms with Crippen molar-refractivity contribution in [3.05, 3.63) is 23.9 Å². The summed E-state index contributed by atoms with van der Waals surface area (Å²) in [7, 11) is 1.61. The second-order valence-corrected chi connectivity index (χ2v) is 3.36. The van der Waals surface area contributed by atoms with E-state index in [1.165, 1.54) is 0 Å². The highest BCUT2D eigenvalue weighted by Gasteiger charge is 2.18. The van der Waals surface area contributed by atoms with Crippen molar-refractivity contribution in [3.8, 4) is 0 Å². The van der Waals surface area contributed by atoms with Crippen LogP contribution in [0.25, 0.3) is 0 Å². The molecule has 0 fully saturated rings. The number of ether oxygens (including phenoxy) is 1. The first-order valence-corrected chi connectivity index (χ1v) is 4.54. The van der Waals surface area contributed by atoms with Gasteiger partial charge in [0.25, 0.3) is 0 Å². The number of methoxy groups -OCH3 is 1. The van der Waals surface area contributed by atoms with E-state index in [1.54, 1.807) is 25.4 Å². The van der Waals surface area contributed by atoms with Crippen LogP contribution in [-0.4, -0.2) is 23.8 Å². The van der Waals surface area contributed by atoms with Crippen molar-refractivity contribution >= 4 is 5.82 Å². The molecule has 0 aromatic carbocycles. The molecular formula is C10H16N2O2. The molecule has 1 rings (SSSR count). The average Bonchev–Trinajstić information content (AvgIpc) is 2.18. The number of nitrogens with zero attached hydrogens (tertiary/aromatic N) is 1. The summed E-state index contributed by atoms with van der Waals surface area (Å²) in [4.78, 5) is 3.92. The number of rotatable bonds is 4. The largest absolute Gasteiger partial charge is 0.388 e. The van der Waals surface area contributed by atoms with Crippen LogP contribution in [0.2, 0.25) is 0 Å². The van der Waals surface area contributed by atoms with E-state index < -0.39 is 6.10 Å². The number of anilines is 1. The van der Waals surface area contributed by atoms with Gasteiger partial charge in [0.2, 0.25) is 0 Å². The van der Waals surface area contributed by atoms with Crippen LogP contribution >= 0.6 is 0 Å². The molecular weight excluding hydrogens is 180 g/mol. The predicted molar refractivity (Wildman–Crippen MR) is 54.6 cm³/mol. The molecule has 2 unspecified atom stereocenters. The van der Waals surface area contributed by atoms with E-state index in [1.807, 2.05) is 6.92 Å². The number of hydrogen-bond donors (Lipinski definition) is 2. The maximum Gasteiger partial charge on any atom is 0.129 e. The number of hydrogen-bond acceptors (Lipinski definition) is 4. The van der Waals surface area contributed by atoms with Crippen molar-refractivity contribution in [3.63, 3.8) is 0 Å². The monoisotopic (exact) mass is 196 g/mol. The Labute approximate surface area is 83.7 Å². The highest BCUT2D eigenvalue weighted by atomic mass is 16.5. The standard InChI is InChI=1S/C10H16N2O2/c1-7(6-14-2)9(13)8-4-3-5-12-10(8)11/h3-5,7,9,13H,6H2,1-2H3,(H2,11,12). The van der Waals surface area contributed by atoms with Crippen LogP contribution in [0.5, 0.6) is 0 Å². The molecule has 78 valence electrons. The lowest BCUT2D eigenvalue weighted by Crippen LogP contribution is -2.16. The molecule has 0 radical (unpaired) electrons. The molecule has 2 atom stereocenters. The lowest BCUT2D eigenvalue weighted by molar-refractivity contribution is 0.0569. The first-order valence-electron chi connectivity index (χ1n) is 4.54. The number of pyridine rings is 1. The third-order valence-corrected chi connectivity index (χ3v) is 2.16. The SMILES string of the molecule is COCC(C)C(O)c1cccnc1N. The number of aliphatic hydroxyl groups is 1. The van der Waals surface area contributed by atoms with Crippen LogP contribution in [0.1, 0.15) is 18.6 Å². The smallest absolute Gasteiger partial charge is 0.129 e. The molecule has 0 bridgehead atoms. The Morgan fingerprint density at radius 3 is 2.93 bits per heavy atom. The van der Waals surface area contributed by atoms with Gasteiger partial charge in [0, 0.05) is 24.8 Å². The van der Waals surface area contributed by atoms with E-state index in [-0.39, 0.29) is 5.92 Å². The van der Waals surface area contributed by atoms with Crippen LogP contribution < -0.4 is 5.73 Å². The molecule has 4 nitrogen and oxygen atoms in total. The molecule has 1 heterocycles. The zero-order valence-corrected chi connectivity index (χ0v) is 8.47. The summed E-state index contributed by atoms with van der Waals surface area (Å²) in [5.74, 6) is 0.384. The summed E-state index contributed by atoms with van der Waals surface area (Å²) in [6.45, 7) is 2.40. The molecule has 1 aromatic heterocycles. The van der Waals surface area contributed by atoms with Crippen LogP contribution in [0, 0.1) is 5.92 Å². The van der Waals surface area contributed by atoms with Gasteiger partial charge in [-0.1, -0.05) is 13.0 Å². The third kappa shape index (κ3) is 2.43. The van der Waals surface area contributed by atoms with Gasteiger partial charge in [0.05, 0.1) is 12.7 Å². The first-order chi connectivity index (χ1) is 6.66. The highest BCUT2D eigenvalue weighted by Crippen LogP contribution is 2.24. The summed E-state index contributed by atoms with van der Waals surface area (Å²) in [5.41, 5.74) is 6.31. The van der Waals surface area contributed by atoms with E-state index >= 15 is 0 Å². The lowest BCUT2D eigenvalue weighted by Gasteiger charge is -2.18. The number of aliphatic hydroxyl groups excluding tert-OH is 1. The van der Waals surface area contributed by atoms with Crippen molar-refractivity contribution in [2.24, 2.45) is 5.92 Å². The number of aromatic nitrogens is 1. The van der Waals surface area contributed by atoms with Crippen LogP contribution in [0.4, 0.5) is 5.82 Å². The molecule has 1 aromatic rings. The Morgan fingerprint density at radius 1 is 1.64 bits per heavy atom. The third-order valence-electron chi connectivity index (χ3n) is 2.16. The van der Waals surface area contributed by atoms with Crippen LogP contribution in [0.3, 0.4) is 0 Å². The lowest BCUT2D eigenvalue weighted by atomic mass is 9.99. The average molecular weight is 196 g/mol. The van der Waals surface area contributed by atoms with Gasteiger partial charge in [0.1, 0.15) is 5.82 Å². The van der Waals surface area contributed by atoms with E-state index in [9.17, 15) is 5.11 Å². The molecule has 0 saturated carbocycles. The molecule has 0 spiro atoms. The Balaban J connectivity index is 2.78. The van der Waals surface area contributed by atoms with E-state index in [0.717, 1.165) is 0 Å². The fraction of sp³-hybridized carbons (Fsp3) is 0.500. The topological polar surface area (TPSA) is 68.4 Å². The molecule has 0 aliphatic heterocycles. The molecule has 4 heteroatoms. The second-order valence-electron chi connectivity index (χ2n) is 3.36. The Morgan fingerprint density at radius 2 is 2.36 bits per heavy atom. The van der Waals surface area contributed by atoms with E-state index in [2.05, 4.69) is 4.98 Å². The maximum atomic E-state index is 9.90. The van der Waals surface area contributed by atoms with Gasteiger partial charge in [-0.25, -0.2) is 4.98 Å². The van der Waals surface area contributed by atoms with Gasteiger partial charge < -0.3 is 15.6 Å². The van der Waals surface area contributed by atoms with Gasteiger partial charge in [-0.05, 0) is 6.07 Å². The van der Waals surface area contributed by atoms with Gasteiger partial charge >= 0.3 is 0 Å². The first kappa shape index (κ1) is 10.9. The summed E-state index contributed by atoms with van der Waals surface area (Å²) in [6.07, 6.45) is 0.982. The molecule has 14 heavy (non-hydrogen) atoms. The van der Waals surface area contributed by atoms with Gasteiger partial charge in [-0.2, -0.15) is 0 Å². The molecule has 0 saturated heterocycles. The normalized spacial score (nSPS) is 15.1. The summed E-state index contributed by atoms with van der Waals surface area (Å²) in [5, 5.41) is 9.90. The van der Waals surface area contributed by atoms with Crippen molar-refractivity contribution in [1.29, 1.82) is 0 Å². The summed E-state index contributed by atoms with van der Waals surface area (Å²) < 4.78 is 4.96. The number of nitrogens with two attached hydrogens (primary N) is 1. The van der Waals surface area contributed by atoms with Gasteiger partial charge in [0.15, 0.2) is 0 Å². The molecule has 3 N–H and O–H groups in total. The molecule has 0 aliphatic carbocycles. The van der Waals surface area contributed by atoms with Crippen molar-refractivity contribution in [1.82, 2.24) is 4.98 Å². The maximum absolute atomic E-state index is 9.90. The predicted octanol–water partition coefficient (Wildman–Crippen LogP) is 0.980. The quantitative estimate of drug-likeness (QED) is 0.753. The van der Waals surface area contributed by atoms with Crippen molar-refractivity contribution in [2.75, 3.05) is 19.5 Å². The summed E-state index contributed by atoms with van der Waals surface area (Å²) in [6, 6.07) is 3.54. The minimum absolute atomic E-state index is 0.00602. The minimum atomic E-state index is -0.622. The van der Waals surface area contributed by atoms with Gasteiger partial charge in [-0.3, -0.25) is 0 Å². The van der Waals surface area contributed by atoms with Crippen molar-refractivity contribution < 1.29 is 9.84 Å². The molecule has 0 amide bonds. The zero-order chi connectivity index (χ0) is 10.6. The Kier molecular flexibility index (Phi) is 3.85. The Bertz CT molecular complexity index is 291. The van der Waals surface area contributed by atoms with Crippen LogP contribution in [0.15, 0.2) is 18.3 Å². The fourth-order valence-corrected chi connectivity index (χ4v) is 1.34. The zero-order valence-electron chi connectivity index (χ0n) is 8.47. The van der Waals surface area contributed by atoms with E-state index in [4.69, 9.17) is 10.5 Å². The van der Waals surface area contributed by atoms with Crippen molar-refractivity contribution in [2.45, 2.75) is 13.0 Å². The van der Waals surface area contributed by atoms with Gasteiger partial charge in [-0.15, -0.1) is 0 Å². The molecule has 0 aliphatic rings. The van der Waals surface area contributed by atoms with E-state index in [0.29, 0.717) is 18.0 Å². The second kappa shape index (κ2) is 4.93. The minimum Gasteiger partial charge on any atom is -0.388 e. The highest BCUT2D eigenvalue weighted by molar-refractivity contribution is 5.40. The van der Waals surface area contributed by atoms with Crippen LogP contribution in [-0.2, 0) is 4.74 Å². The number of nitrogen functional groups attached to an aromatic ring is 1.